The Balaban J connectivity index is 3.19. The molecular formula is C9H8F3NO2. The van der Waals surface area contributed by atoms with Gasteiger partial charge in [-0.15, -0.1) is 0 Å². The summed E-state index contributed by atoms with van der Waals surface area (Å²) in [4.78, 5) is 0. The minimum absolute atomic E-state index is 0.241. The number of halogens is 3. The zero-order valence-corrected chi connectivity index (χ0v) is 7.80. The van der Waals surface area contributed by atoms with E-state index in [-0.39, 0.29) is 5.76 Å². The van der Waals surface area contributed by atoms with Gasteiger partial charge in [-0.2, -0.15) is 18.4 Å². The Morgan fingerprint density at radius 1 is 1.47 bits per heavy atom. The van der Waals surface area contributed by atoms with Gasteiger partial charge in [-0.3, -0.25) is 0 Å². The van der Waals surface area contributed by atoms with Gasteiger partial charge in [0.15, 0.2) is 0 Å². The molecule has 0 fully saturated rings. The second-order valence-corrected chi connectivity index (χ2v) is 3.10. The smallest absolute Gasteiger partial charge is 0.425 e. The maximum atomic E-state index is 12.5. The minimum atomic E-state index is -4.94. The molecule has 0 aliphatic rings. The number of hydrogen-bond acceptors (Lipinski definition) is 3. The Bertz CT molecular complexity index is 391. The Morgan fingerprint density at radius 3 is 2.40 bits per heavy atom. The lowest BCUT2D eigenvalue weighted by atomic mass is 9.97. The Morgan fingerprint density at radius 2 is 2.07 bits per heavy atom. The molecule has 1 atom stereocenters. The fourth-order valence-electron chi connectivity index (χ4n) is 1.10. The monoisotopic (exact) mass is 219 g/mol. The third kappa shape index (κ3) is 1.97. The lowest BCUT2D eigenvalue weighted by Gasteiger charge is -2.25. The van der Waals surface area contributed by atoms with E-state index in [4.69, 9.17) is 9.68 Å². The Kier molecular flexibility index (Phi) is 2.77. The number of furan rings is 1. The van der Waals surface area contributed by atoms with E-state index in [1.165, 1.54) is 19.1 Å². The van der Waals surface area contributed by atoms with Crippen molar-refractivity contribution >= 4 is 0 Å². The fourth-order valence-corrected chi connectivity index (χ4v) is 1.10. The Labute approximate surface area is 83.7 Å². The first-order valence-corrected chi connectivity index (χ1v) is 4.04. The molecule has 0 spiro atoms. The zero-order valence-electron chi connectivity index (χ0n) is 7.80. The van der Waals surface area contributed by atoms with Crippen LogP contribution < -0.4 is 0 Å². The number of nitrogens with zero attached hydrogens (tertiary/aromatic N) is 1. The highest BCUT2D eigenvalue weighted by molar-refractivity contribution is 5.17. The van der Waals surface area contributed by atoms with Gasteiger partial charge in [-0.25, -0.2) is 0 Å². The van der Waals surface area contributed by atoms with Crippen molar-refractivity contribution in [3.05, 3.63) is 23.7 Å². The summed E-state index contributed by atoms with van der Waals surface area (Å²) in [6, 6.07) is 3.60. The van der Waals surface area contributed by atoms with Crippen LogP contribution in [-0.2, 0) is 5.60 Å². The normalized spacial score (nSPS) is 15.7. The predicted molar refractivity (Wildman–Crippen MR) is 43.6 cm³/mol. The number of rotatable bonds is 2. The van der Waals surface area contributed by atoms with Gasteiger partial charge in [0.1, 0.15) is 11.5 Å². The maximum absolute atomic E-state index is 12.5. The van der Waals surface area contributed by atoms with Crippen molar-refractivity contribution in [1.82, 2.24) is 0 Å². The third-order valence-corrected chi connectivity index (χ3v) is 1.95. The fraction of sp³-hybridized carbons (Fsp3) is 0.444. The molecule has 1 N–H and O–H groups in total. The van der Waals surface area contributed by atoms with Crippen LogP contribution in [0.4, 0.5) is 13.2 Å². The van der Waals surface area contributed by atoms with Crippen LogP contribution in [-0.4, -0.2) is 11.3 Å². The van der Waals surface area contributed by atoms with E-state index in [0.717, 1.165) is 6.07 Å². The molecule has 0 bridgehead atoms. The van der Waals surface area contributed by atoms with Crippen molar-refractivity contribution in [2.24, 2.45) is 0 Å². The van der Waals surface area contributed by atoms with E-state index in [1.54, 1.807) is 0 Å². The molecule has 1 aromatic rings. The topological polar surface area (TPSA) is 57.2 Å². The molecule has 0 radical (unpaired) electrons. The zero-order chi connectivity index (χ0) is 11.7. The summed E-state index contributed by atoms with van der Waals surface area (Å²) in [7, 11) is 0. The molecular weight excluding hydrogens is 211 g/mol. The first kappa shape index (κ1) is 11.6. The van der Waals surface area contributed by atoms with Gasteiger partial charge in [0.05, 0.1) is 12.5 Å². The molecule has 0 saturated carbocycles. The average molecular weight is 219 g/mol. The first-order valence-electron chi connectivity index (χ1n) is 4.04. The SMILES string of the molecule is Cc1ccc(C(O)(CC#N)C(F)(F)F)o1. The average Bonchev–Trinajstić information content (AvgIpc) is 2.50. The van der Waals surface area contributed by atoms with Gasteiger partial charge in [0.2, 0.25) is 5.60 Å². The summed E-state index contributed by atoms with van der Waals surface area (Å²) in [5.74, 6) is -0.417. The molecule has 0 aromatic carbocycles. The van der Waals surface area contributed by atoms with Gasteiger partial charge in [0, 0.05) is 0 Å². The standard InChI is InChI=1S/C9H8F3NO2/c1-6-2-3-7(15-6)8(14,4-5-13)9(10,11)12/h2-3,14H,4H2,1H3. The van der Waals surface area contributed by atoms with Gasteiger partial charge < -0.3 is 9.52 Å². The number of aryl methyl sites for hydroxylation is 1. The lowest BCUT2D eigenvalue weighted by molar-refractivity contribution is -0.270. The number of hydrogen-bond donors (Lipinski definition) is 1. The number of aliphatic hydroxyl groups is 1. The third-order valence-electron chi connectivity index (χ3n) is 1.95. The van der Waals surface area contributed by atoms with E-state index in [1.807, 2.05) is 0 Å². The molecule has 0 aliphatic carbocycles. The highest BCUT2D eigenvalue weighted by Crippen LogP contribution is 2.41. The first-order chi connectivity index (χ1) is 6.81. The van der Waals surface area contributed by atoms with Crippen LogP contribution in [0.25, 0.3) is 0 Å². The summed E-state index contributed by atoms with van der Waals surface area (Å²) < 4.78 is 42.3. The molecule has 0 amide bonds. The highest BCUT2D eigenvalue weighted by atomic mass is 19.4. The van der Waals surface area contributed by atoms with Crippen molar-refractivity contribution in [2.75, 3.05) is 0 Å². The Hall–Kier alpha value is -1.48. The van der Waals surface area contributed by atoms with E-state index >= 15 is 0 Å². The molecule has 82 valence electrons. The predicted octanol–water partition coefficient (Wildman–Crippen LogP) is 2.25. The number of nitriles is 1. The van der Waals surface area contributed by atoms with Crippen LogP contribution in [0.3, 0.4) is 0 Å². The van der Waals surface area contributed by atoms with Crippen molar-refractivity contribution in [3.8, 4) is 6.07 Å². The molecule has 15 heavy (non-hydrogen) atoms. The van der Waals surface area contributed by atoms with Crippen LogP contribution in [0.1, 0.15) is 17.9 Å². The van der Waals surface area contributed by atoms with Crippen molar-refractivity contribution in [3.63, 3.8) is 0 Å². The summed E-state index contributed by atoms with van der Waals surface area (Å²) >= 11 is 0. The van der Waals surface area contributed by atoms with Crippen LogP contribution in [0, 0.1) is 18.3 Å². The number of alkyl halides is 3. The van der Waals surface area contributed by atoms with E-state index in [9.17, 15) is 18.3 Å². The maximum Gasteiger partial charge on any atom is 0.425 e. The molecule has 0 aliphatic heterocycles. The second kappa shape index (κ2) is 3.59. The quantitative estimate of drug-likeness (QED) is 0.829. The minimum Gasteiger partial charge on any atom is -0.463 e. The summed E-state index contributed by atoms with van der Waals surface area (Å²) in [5.41, 5.74) is -3.23. The van der Waals surface area contributed by atoms with Gasteiger partial charge in [0.25, 0.3) is 0 Å². The van der Waals surface area contributed by atoms with Crippen LogP contribution >= 0.6 is 0 Å². The van der Waals surface area contributed by atoms with Crippen molar-refractivity contribution < 1.29 is 22.7 Å². The van der Waals surface area contributed by atoms with E-state index in [0.29, 0.717) is 0 Å². The van der Waals surface area contributed by atoms with Crippen molar-refractivity contribution in [1.29, 1.82) is 5.26 Å². The van der Waals surface area contributed by atoms with Crippen molar-refractivity contribution in [2.45, 2.75) is 25.1 Å². The van der Waals surface area contributed by atoms with Crippen LogP contribution in [0.2, 0.25) is 0 Å². The van der Waals surface area contributed by atoms with Gasteiger partial charge >= 0.3 is 6.18 Å². The molecule has 3 nitrogen and oxygen atoms in total. The van der Waals surface area contributed by atoms with Crippen LogP contribution in [0.5, 0.6) is 0 Å². The highest BCUT2D eigenvalue weighted by Gasteiger charge is 2.57. The molecule has 1 rings (SSSR count). The largest absolute Gasteiger partial charge is 0.463 e. The van der Waals surface area contributed by atoms with Gasteiger partial charge in [-0.05, 0) is 19.1 Å². The van der Waals surface area contributed by atoms with Gasteiger partial charge in [-0.1, -0.05) is 0 Å². The summed E-state index contributed by atoms with van der Waals surface area (Å²) in [6.45, 7) is 1.45. The molecule has 1 heterocycles. The van der Waals surface area contributed by atoms with E-state index in [2.05, 4.69) is 0 Å². The summed E-state index contributed by atoms with van der Waals surface area (Å²) in [6.07, 6.45) is -6.03. The second-order valence-electron chi connectivity index (χ2n) is 3.10. The lowest BCUT2D eigenvalue weighted by Crippen LogP contribution is -2.41. The molecule has 1 unspecified atom stereocenters. The molecule has 1 aromatic heterocycles. The molecule has 6 heteroatoms. The summed E-state index contributed by atoms with van der Waals surface area (Å²) in [5, 5.41) is 17.7. The molecule has 0 saturated heterocycles. The van der Waals surface area contributed by atoms with Crippen LogP contribution in [0.15, 0.2) is 16.5 Å². The van der Waals surface area contributed by atoms with E-state index < -0.39 is 24.0 Å².